The largest absolute Gasteiger partial charge is 0.480 e. The van der Waals surface area contributed by atoms with E-state index in [1.807, 2.05) is 0 Å². The Bertz CT molecular complexity index is 577. The van der Waals surface area contributed by atoms with Crippen molar-refractivity contribution in [2.45, 2.75) is 16.7 Å². The number of anilines is 1. The van der Waals surface area contributed by atoms with E-state index in [1.54, 1.807) is 20.0 Å². The number of carboxylic acid groups (broad SMARTS) is 1. The number of nitrogens with zero attached hydrogens (tertiary/aromatic N) is 1. The van der Waals surface area contributed by atoms with Crippen LogP contribution in [0.15, 0.2) is 21.9 Å². The first kappa shape index (κ1) is 10.9. The van der Waals surface area contributed by atoms with E-state index >= 15 is 0 Å². The average Bonchev–Trinajstić information content (AvgIpc) is 2.16. The lowest BCUT2D eigenvalue weighted by Gasteiger charge is -2.28. The van der Waals surface area contributed by atoms with E-state index in [-0.39, 0.29) is 11.4 Å². The normalized spacial score (nSPS) is 15.4. The summed E-state index contributed by atoms with van der Waals surface area (Å²) in [6.45, 7) is 1.51. The lowest BCUT2D eigenvalue weighted by molar-refractivity contribution is -0.135. The molecule has 0 amide bonds. The lowest BCUT2D eigenvalue weighted by Crippen LogP contribution is -2.29. The molecule has 2 aliphatic heterocycles. The maximum Gasteiger partial charge on any atom is 0.323 e. The Kier molecular flexibility index (Phi) is 2.20. The molecule has 0 aliphatic carbocycles. The molecule has 0 atom stereocenters. The maximum absolute atomic E-state index is 11.7. The first-order valence-corrected chi connectivity index (χ1v) is 6.15. The van der Waals surface area contributed by atoms with Gasteiger partial charge in [0.2, 0.25) is 9.84 Å². The summed E-state index contributed by atoms with van der Waals surface area (Å²) >= 11 is 0. The highest BCUT2D eigenvalue weighted by molar-refractivity contribution is 7.93. The second-order valence-corrected chi connectivity index (χ2v) is 5.65. The molecular weight excluding hydrogens is 230 g/mol. The second kappa shape index (κ2) is 3.21. The van der Waals surface area contributed by atoms with Crippen LogP contribution >= 0.6 is 0 Å². The molecule has 6 heteroatoms. The van der Waals surface area contributed by atoms with Crippen molar-refractivity contribution >= 4 is 21.5 Å². The number of sulfone groups is 1. The Morgan fingerprint density at radius 1 is 1.44 bits per heavy atom. The van der Waals surface area contributed by atoms with Gasteiger partial charge in [0.1, 0.15) is 6.54 Å². The standard InChI is InChI=1S/C10H11NO4S/c1-6-8-4-3-7(10(6)16(8,14)15)11(2)5-9(12)13/h3-4H,5H2,1-2H3,(H,12,13). The third-order valence-corrected chi connectivity index (χ3v) is 4.75. The second-order valence-electron chi connectivity index (χ2n) is 3.79. The number of aryl methyl sites for hydroxylation is 1. The van der Waals surface area contributed by atoms with E-state index in [0.29, 0.717) is 10.6 Å². The highest BCUT2D eigenvalue weighted by Gasteiger charge is 2.37. The zero-order valence-electron chi connectivity index (χ0n) is 8.89. The molecule has 1 N–H and O–H groups in total. The van der Waals surface area contributed by atoms with Gasteiger partial charge in [0.15, 0.2) is 0 Å². The SMILES string of the molecule is Cc1c2ccc(N(C)CC(=O)O)c1S2(=O)=O. The number of aliphatic carboxylic acids is 1. The monoisotopic (exact) mass is 241 g/mol. The number of fused-ring (bicyclic) bond motifs is 2. The molecule has 16 heavy (non-hydrogen) atoms. The van der Waals surface area contributed by atoms with Crippen LogP contribution in [0, 0.1) is 6.92 Å². The molecule has 1 aromatic rings. The molecule has 2 bridgehead atoms. The van der Waals surface area contributed by atoms with Gasteiger partial charge < -0.3 is 10.0 Å². The molecule has 2 heterocycles. The van der Waals surface area contributed by atoms with Crippen molar-refractivity contribution in [2.75, 3.05) is 18.5 Å². The highest BCUT2D eigenvalue weighted by Crippen LogP contribution is 2.44. The Labute approximate surface area is 93.2 Å². The number of benzene rings is 1. The average molecular weight is 241 g/mol. The van der Waals surface area contributed by atoms with Crippen molar-refractivity contribution in [3.63, 3.8) is 0 Å². The van der Waals surface area contributed by atoms with Crippen LogP contribution < -0.4 is 4.90 Å². The first-order valence-electron chi connectivity index (χ1n) is 4.67. The van der Waals surface area contributed by atoms with Crippen molar-refractivity contribution < 1.29 is 18.3 Å². The van der Waals surface area contributed by atoms with Crippen LogP contribution in [-0.4, -0.2) is 33.1 Å². The van der Waals surface area contributed by atoms with Crippen molar-refractivity contribution in [1.29, 1.82) is 0 Å². The van der Waals surface area contributed by atoms with Gasteiger partial charge in [-0.2, -0.15) is 0 Å². The van der Waals surface area contributed by atoms with Gasteiger partial charge in [-0.1, -0.05) is 0 Å². The predicted octanol–water partition coefficient (Wildman–Crippen LogP) is 0.662. The van der Waals surface area contributed by atoms with Crippen LogP contribution in [0.1, 0.15) is 5.56 Å². The van der Waals surface area contributed by atoms with Gasteiger partial charge in [0.25, 0.3) is 0 Å². The molecule has 0 unspecified atom stereocenters. The minimum Gasteiger partial charge on any atom is -0.480 e. The summed E-state index contributed by atoms with van der Waals surface area (Å²) in [4.78, 5) is 12.6. The van der Waals surface area contributed by atoms with Gasteiger partial charge in [-0.25, -0.2) is 8.42 Å². The minimum atomic E-state index is -3.31. The summed E-state index contributed by atoms with van der Waals surface area (Å²) in [6.07, 6.45) is 0. The molecule has 86 valence electrons. The molecule has 1 aromatic carbocycles. The minimum absolute atomic E-state index is 0.221. The number of likely N-dealkylation sites (N-methyl/N-ethyl adjacent to an activating group) is 1. The van der Waals surface area contributed by atoms with Gasteiger partial charge in [-0.3, -0.25) is 4.79 Å². The fourth-order valence-corrected chi connectivity index (χ4v) is 3.77. The van der Waals surface area contributed by atoms with E-state index in [0.717, 1.165) is 5.56 Å². The van der Waals surface area contributed by atoms with Gasteiger partial charge in [-0.15, -0.1) is 0 Å². The van der Waals surface area contributed by atoms with Crippen molar-refractivity contribution in [2.24, 2.45) is 0 Å². The molecule has 0 spiro atoms. The van der Waals surface area contributed by atoms with Gasteiger partial charge in [0, 0.05) is 7.05 Å². The van der Waals surface area contributed by atoms with E-state index in [2.05, 4.69) is 0 Å². The van der Waals surface area contributed by atoms with Crippen LogP contribution in [-0.2, 0) is 14.6 Å². The number of hydrogen-bond donors (Lipinski definition) is 1. The Balaban J connectivity index is 2.48. The number of rotatable bonds is 3. The summed E-state index contributed by atoms with van der Waals surface area (Å²) < 4.78 is 23.4. The molecule has 2 aliphatic rings. The maximum atomic E-state index is 11.7. The van der Waals surface area contributed by atoms with Crippen LogP contribution in [0.4, 0.5) is 5.69 Å². The fourth-order valence-electron chi connectivity index (χ4n) is 1.94. The van der Waals surface area contributed by atoms with E-state index in [9.17, 15) is 13.2 Å². The topological polar surface area (TPSA) is 74.7 Å². The fraction of sp³-hybridized carbons (Fsp3) is 0.300. The predicted molar refractivity (Wildman–Crippen MR) is 57.5 cm³/mol. The van der Waals surface area contributed by atoms with Gasteiger partial charge in [0.05, 0.1) is 15.5 Å². The summed E-state index contributed by atoms with van der Waals surface area (Å²) in [5.41, 5.74) is 1.17. The number of carboxylic acids is 1. The van der Waals surface area contributed by atoms with E-state index < -0.39 is 15.8 Å². The van der Waals surface area contributed by atoms with E-state index in [4.69, 9.17) is 5.11 Å². The molecule has 0 radical (unpaired) electrons. The zero-order valence-corrected chi connectivity index (χ0v) is 9.71. The molecule has 0 saturated carbocycles. The summed E-state index contributed by atoms with van der Waals surface area (Å²) in [5.74, 6) is -0.992. The Morgan fingerprint density at radius 2 is 2.06 bits per heavy atom. The van der Waals surface area contributed by atoms with Crippen molar-refractivity contribution in [3.8, 4) is 0 Å². The third-order valence-electron chi connectivity index (χ3n) is 2.68. The molecule has 3 rings (SSSR count). The van der Waals surface area contributed by atoms with E-state index in [1.165, 1.54) is 11.0 Å². The molecule has 0 fully saturated rings. The number of hydrogen-bond acceptors (Lipinski definition) is 4. The van der Waals surface area contributed by atoms with Crippen molar-refractivity contribution in [1.82, 2.24) is 0 Å². The zero-order chi connectivity index (χ0) is 12.1. The number of carbonyl (C=O) groups is 1. The lowest BCUT2D eigenvalue weighted by atomic mass is 10.2. The smallest absolute Gasteiger partial charge is 0.323 e. The van der Waals surface area contributed by atoms with Crippen LogP contribution in [0.25, 0.3) is 0 Å². The first-order chi connectivity index (χ1) is 7.35. The molecule has 0 aromatic heterocycles. The third kappa shape index (κ3) is 1.30. The molecular formula is C10H11NO4S. The quantitative estimate of drug-likeness (QED) is 0.854. The van der Waals surface area contributed by atoms with Crippen LogP contribution in [0.5, 0.6) is 0 Å². The Hall–Kier alpha value is -1.56. The Morgan fingerprint density at radius 3 is 2.50 bits per heavy atom. The summed E-state index contributed by atoms with van der Waals surface area (Å²) in [6, 6.07) is 3.16. The summed E-state index contributed by atoms with van der Waals surface area (Å²) in [5, 5.41) is 8.66. The van der Waals surface area contributed by atoms with Gasteiger partial charge in [-0.05, 0) is 24.6 Å². The van der Waals surface area contributed by atoms with Crippen LogP contribution in [0.2, 0.25) is 0 Å². The molecule has 0 saturated heterocycles. The van der Waals surface area contributed by atoms with Crippen molar-refractivity contribution in [3.05, 3.63) is 17.7 Å². The molecule has 5 nitrogen and oxygen atoms in total. The van der Waals surface area contributed by atoms with Gasteiger partial charge >= 0.3 is 5.97 Å². The summed E-state index contributed by atoms with van der Waals surface area (Å²) in [7, 11) is -1.74. The highest BCUT2D eigenvalue weighted by atomic mass is 32.2. The van der Waals surface area contributed by atoms with Crippen LogP contribution in [0.3, 0.4) is 0 Å².